The predicted molar refractivity (Wildman–Crippen MR) is 56.6 cm³/mol. The average Bonchev–Trinajstić information content (AvgIpc) is 2.67. The van der Waals surface area contributed by atoms with Crippen LogP contribution < -0.4 is 5.32 Å². The minimum Gasteiger partial charge on any atom is -0.341 e. The first-order chi connectivity index (χ1) is 7.16. The smallest absolute Gasteiger partial charge is 0.272 e. The van der Waals surface area contributed by atoms with Gasteiger partial charge in [0.15, 0.2) is 0 Å². The van der Waals surface area contributed by atoms with E-state index in [1.807, 2.05) is 4.90 Å². The van der Waals surface area contributed by atoms with E-state index in [1.165, 1.54) is 6.33 Å². The van der Waals surface area contributed by atoms with Crippen molar-refractivity contribution in [3.8, 4) is 0 Å². The van der Waals surface area contributed by atoms with Crippen LogP contribution in [0.4, 0.5) is 0 Å². The number of imidazole rings is 1. The van der Waals surface area contributed by atoms with Crippen molar-refractivity contribution in [3.63, 3.8) is 0 Å². The molecule has 2 unspecified atom stereocenters. The summed E-state index contributed by atoms with van der Waals surface area (Å²) in [7, 11) is 0. The molecule has 2 heterocycles. The summed E-state index contributed by atoms with van der Waals surface area (Å²) in [4.78, 5) is 20.5. The maximum absolute atomic E-state index is 12.0. The lowest BCUT2D eigenvalue weighted by molar-refractivity contribution is 0.0668. The molecule has 0 spiro atoms. The number of nitrogens with zero attached hydrogens (tertiary/aromatic N) is 2. The minimum absolute atomic E-state index is 0.0349. The number of aromatic nitrogens is 2. The van der Waals surface area contributed by atoms with Crippen molar-refractivity contribution in [2.45, 2.75) is 25.9 Å². The fourth-order valence-electron chi connectivity index (χ4n) is 2.04. The summed E-state index contributed by atoms with van der Waals surface area (Å²) < 4.78 is 0. The van der Waals surface area contributed by atoms with E-state index >= 15 is 0 Å². The van der Waals surface area contributed by atoms with Crippen molar-refractivity contribution in [1.82, 2.24) is 20.2 Å². The molecule has 5 heteroatoms. The highest BCUT2D eigenvalue weighted by Crippen LogP contribution is 2.08. The highest BCUT2D eigenvalue weighted by Gasteiger charge is 2.25. The molecule has 1 aromatic rings. The van der Waals surface area contributed by atoms with Crippen LogP contribution >= 0.6 is 0 Å². The highest BCUT2D eigenvalue weighted by molar-refractivity contribution is 5.92. The topological polar surface area (TPSA) is 61.0 Å². The van der Waals surface area contributed by atoms with Gasteiger partial charge in [-0.3, -0.25) is 4.79 Å². The molecule has 0 aromatic carbocycles. The molecule has 15 heavy (non-hydrogen) atoms. The van der Waals surface area contributed by atoms with Gasteiger partial charge in [0, 0.05) is 25.2 Å². The Balaban J connectivity index is 2.07. The number of hydrogen-bond acceptors (Lipinski definition) is 3. The van der Waals surface area contributed by atoms with Gasteiger partial charge in [-0.25, -0.2) is 4.98 Å². The number of H-pyrrole nitrogens is 1. The third-order valence-electron chi connectivity index (χ3n) is 2.57. The largest absolute Gasteiger partial charge is 0.341 e. The number of hydrogen-bond donors (Lipinski definition) is 2. The van der Waals surface area contributed by atoms with E-state index in [1.54, 1.807) is 6.20 Å². The van der Waals surface area contributed by atoms with Gasteiger partial charge in [0.05, 0.1) is 12.5 Å². The molecule has 82 valence electrons. The maximum atomic E-state index is 12.0. The first kappa shape index (κ1) is 10.2. The van der Waals surface area contributed by atoms with Crippen LogP contribution in [0.2, 0.25) is 0 Å². The van der Waals surface area contributed by atoms with Crippen molar-refractivity contribution in [2.24, 2.45) is 0 Å². The lowest BCUT2D eigenvalue weighted by atomic mass is 10.1. The van der Waals surface area contributed by atoms with Crippen LogP contribution in [0.1, 0.15) is 24.3 Å². The van der Waals surface area contributed by atoms with E-state index in [9.17, 15) is 4.79 Å². The predicted octanol–water partition coefficient (Wildman–Crippen LogP) is 0.232. The molecule has 1 amide bonds. The molecule has 0 saturated carbocycles. The SMILES string of the molecule is CC1CN(C(=O)c2cnc[nH]2)CC(C)N1. The number of nitrogens with one attached hydrogen (secondary N) is 2. The molecule has 1 aliphatic rings. The van der Waals surface area contributed by atoms with Crippen LogP contribution in [-0.2, 0) is 0 Å². The first-order valence-corrected chi connectivity index (χ1v) is 5.20. The summed E-state index contributed by atoms with van der Waals surface area (Å²) in [6.45, 7) is 5.68. The molecular formula is C10H16N4O. The number of aromatic amines is 1. The van der Waals surface area contributed by atoms with Gasteiger partial charge in [-0.1, -0.05) is 0 Å². The molecule has 1 fully saturated rings. The van der Waals surface area contributed by atoms with Crippen LogP contribution in [0.25, 0.3) is 0 Å². The fourth-order valence-corrected chi connectivity index (χ4v) is 2.04. The lowest BCUT2D eigenvalue weighted by Crippen LogP contribution is -2.55. The Kier molecular flexibility index (Phi) is 2.73. The van der Waals surface area contributed by atoms with Crippen LogP contribution in [0.5, 0.6) is 0 Å². The van der Waals surface area contributed by atoms with Crippen molar-refractivity contribution in [1.29, 1.82) is 0 Å². The summed E-state index contributed by atoms with van der Waals surface area (Å²) in [5.41, 5.74) is 0.566. The van der Waals surface area contributed by atoms with Crippen LogP contribution in [0.15, 0.2) is 12.5 Å². The Labute approximate surface area is 88.9 Å². The number of piperazine rings is 1. The average molecular weight is 208 g/mol. The second-order valence-electron chi connectivity index (χ2n) is 4.14. The van der Waals surface area contributed by atoms with Gasteiger partial charge in [-0.2, -0.15) is 0 Å². The zero-order valence-electron chi connectivity index (χ0n) is 9.03. The summed E-state index contributed by atoms with van der Waals surface area (Å²) >= 11 is 0. The van der Waals surface area contributed by atoms with Gasteiger partial charge in [0.1, 0.15) is 5.69 Å². The number of amides is 1. The van der Waals surface area contributed by atoms with Gasteiger partial charge >= 0.3 is 0 Å². The zero-order chi connectivity index (χ0) is 10.8. The molecule has 2 N–H and O–H groups in total. The Morgan fingerprint density at radius 3 is 2.67 bits per heavy atom. The third-order valence-corrected chi connectivity index (χ3v) is 2.57. The second-order valence-corrected chi connectivity index (χ2v) is 4.14. The molecule has 5 nitrogen and oxygen atoms in total. The van der Waals surface area contributed by atoms with E-state index < -0.39 is 0 Å². The van der Waals surface area contributed by atoms with Gasteiger partial charge in [-0.15, -0.1) is 0 Å². The van der Waals surface area contributed by atoms with Crippen LogP contribution in [0.3, 0.4) is 0 Å². The zero-order valence-corrected chi connectivity index (χ0v) is 9.03. The maximum Gasteiger partial charge on any atom is 0.272 e. The molecule has 0 bridgehead atoms. The molecule has 2 atom stereocenters. The minimum atomic E-state index is 0.0349. The van der Waals surface area contributed by atoms with E-state index in [-0.39, 0.29) is 5.91 Å². The molecule has 2 rings (SSSR count). The number of carbonyl (C=O) groups is 1. The van der Waals surface area contributed by atoms with Gasteiger partial charge in [-0.05, 0) is 13.8 Å². The number of rotatable bonds is 1. The van der Waals surface area contributed by atoms with Crippen LogP contribution in [-0.4, -0.2) is 45.9 Å². The lowest BCUT2D eigenvalue weighted by Gasteiger charge is -2.35. The Hall–Kier alpha value is -1.36. The molecule has 1 saturated heterocycles. The highest BCUT2D eigenvalue weighted by atomic mass is 16.2. The third kappa shape index (κ3) is 2.18. The molecule has 0 aliphatic carbocycles. The Bertz CT molecular complexity index is 325. The van der Waals surface area contributed by atoms with Crippen molar-refractivity contribution in [3.05, 3.63) is 18.2 Å². The second kappa shape index (κ2) is 4.02. The quantitative estimate of drug-likeness (QED) is 0.694. The fraction of sp³-hybridized carbons (Fsp3) is 0.600. The Morgan fingerprint density at radius 2 is 2.13 bits per heavy atom. The van der Waals surface area contributed by atoms with Crippen molar-refractivity contribution in [2.75, 3.05) is 13.1 Å². The van der Waals surface area contributed by atoms with E-state index in [0.717, 1.165) is 13.1 Å². The van der Waals surface area contributed by atoms with Gasteiger partial charge < -0.3 is 15.2 Å². The monoisotopic (exact) mass is 208 g/mol. The molecular weight excluding hydrogens is 192 g/mol. The summed E-state index contributed by atoms with van der Waals surface area (Å²) in [6, 6.07) is 0.696. The van der Waals surface area contributed by atoms with E-state index in [0.29, 0.717) is 17.8 Å². The van der Waals surface area contributed by atoms with E-state index in [4.69, 9.17) is 0 Å². The van der Waals surface area contributed by atoms with Crippen LogP contribution in [0, 0.1) is 0 Å². The van der Waals surface area contributed by atoms with E-state index in [2.05, 4.69) is 29.1 Å². The van der Waals surface area contributed by atoms with Gasteiger partial charge in [0.25, 0.3) is 5.91 Å². The van der Waals surface area contributed by atoms with Crippen molar-refractivity contribution < 1.29 is 4.79 Å². The summed E-state index contributed by atoms with van der Waals surface area (Å²) in [5.74, 6) is 0.0349. The molecule has 0 radical (unpaired) electrons. The normalized spacial score (nSPS) is 26.7. The first-order valence-electron chi connectivity index (χ1n) is 5.20. The van der Waals surface area contributed by atoms with Gasteiger partial charge in [0.2, 0.25) is 0 Å². The standard InChI is InChI=1S/C10H16N4O/c1-7-4-14(5-8(2)13-7)10(15)9-3-11-6-12-9/h3,6-8,13H,4-5H2,1-2H3,(H,11,12). The molecule has 1 aliphatic heterocycles. The Morgan fingerprint density at radius 1 is 1.47 bits per heavy atom. The molecule has 1 aromatic heterocycles. The summed E-state index contributed by atoms with van der Waals surface area (Å²) in [6.07, 6.45) is 3.10. The summed E-state index contributed by atoms with van der Waals surface area (Å²) in [5, 5.41) is 3.39. The number of carbonyl (C=O) groups excluding carboxylic acids is 1. The van der Waals surface area contributed by atoms with Crippen molar-refractivity contribution >= 4 is 5.91 Å².